The van der Waals surface area contributed by atoms with E-state index in [1.807, 2.05) is 18.2 Å². The second-order valence-electron chi connectivity index (χ2n) is 6.03. The number of hydrogen-bond donors (Lipinski definition) is 1. The molecule has 0 amide bonds. The second-order valence-corrected chi connectivity index (χ2v) is 6.43. The summed E-state index contributed by atoms with van der Waals surface area (Å²) in [6.07, 6.45) is 4.80. The SMILES string of the molecule is CCNCC1(OCc2ccccc2Cl)CCC(C)CC1. The molecule has 2 nitrogen and oxygen atoms in total. The van der Waals surface area contributed by atoms with E-state index in [0.29, 0.717) is 6.61 Å². The van der Waals surface area contributed by atoms with Crippen LogP contribution >= 0.6 is 11.6 Å². The molecule has 1 aromatic carbocycles. The van der Waals surface area contributed by atoms with E-state index >= 15 is 0 Å². The molecule has 1 aliphatic carbocycles. The van der Waals surface area contributed by atoms with Crippen molar-refractivity contribution < 1.29 is 4.74 Å². The van der Waals surface area contributed by atoms with Crippen LogP contribution in [0.4, 0.5) is 0 Å². The van der Waals surface area contributed by atoms with Crippen LogP contribution in [0.3, 0.4) is 0 Å². The molecule has 0 saturated heterocycles. The molecular weight excluding hydrogens is 270 g/mol. The predicted molar refractivity (Wildman–Crippen MR) is 85.1 cm³/mol. The van der Waals surface area contributed by atoms with Gasteiger partial charge in [-0.1, -0.05) is 43.6 Å². The first kappa shape index (κ1) is 15.8. The van der Waals surface area contributed by atoms with E-state index in [1.54, 1.807) is 0 Å². The largest absolute Gasteiger partial charge is 0.369 e. The number of halogens is 1. The summed E-state index contributed by atoms with van der Waals surface area (Å²) in [5.41, 5.74) is 1.07. The van der Waals surface area contributed by atoms with Gasteiger partial charge in [0.25, 0.3) is 0 Å². The van der Waals surface area contributed by atoms with Gasteiger partial charge in [-0.3, -0.25) is 0 Å². The van der Waals surface area contributed by atoms with Gasteiger partial charge < -0.3 is 10.1 Å². The Kier molecular flexibility index (Phi) is 5.88. The van der Waals surface area contributed by atoms with E-state index in [0.717, 1.165) is 42.4 Å². The highest BCUT2D eigenvalue weighted by Crippen LogP contribution is 2.35. The van der Waals surface area contributed by atoms with Crippen LogP contribution in [-0.4, -0.2) is 18.7 Å². The van der Waals surface area contributed by atoms with Crippen molar-refractivity contribution in [1.29, 1.82) is 0 Å². The fourth-order valence-corrected chi connectivity index (χ4v) is 3.05. The maximum atomic E-state index is 6.34. The van der Waals surface area contributed by atoms with Crippen LogP contribution in [-0.2, 0) is 11.3 Å². The molecule has 1 aromatic rings. The third kappa shape index (κ3) is 4.21. The van der Waals surface area contributed by atoms with Crippen LogP contribution in [0.2, 0.25) is 5.02 Å². The summed E-state index contributed by atoms with van der Waals surface area (Å²) in [7, 11) is 0. The van der Waals surface area contributed by atoms with Gasteiger partial charge in [0.2, 0.25) is 0 Å². The molecule has 2 rings (SSSR count). The molecule has 112 valence electrons. The van der Waals surface area contributed by atoms with Crippen LogP contribution in [0.1, 0.15) is 45.1 Å². The first-order valence-corrected chi connectivity index (χ1v) is 8.11. The van der Waals surface area contributed by atoms with Gasteiger partial charge in [-0.05, 0) is 49.8 Å². The van der Waals surface area contributed by atoms with Gasteiger partial charge in [0.1, 0.15) is 0 Å². The molecular formula is C17H26ClNO. The van der Waals surface area contributed by atoms with Crippen molar-refractivity contribution >= 4 is 11.6 Å². The minimum Gasteiger partial charge on any atom is -0.369 e. The molecule has 1 N–H and O–H groups in total. The Labute approximate surface area is 127 Å². The van der Waals surface area contributed by atoms with Crippen LogP contribution in [0, 0.1) is 5.92 Å². The summed E-state index contributed by atoms with van der Waals surface area (Å²) in [5, 5.41) is 4.27. The van der Waals surface area contributed by atoms with Crippen molar-refractivity contribution in [2.75, 3.05) is 13.1 Å². The van der Waals surface area contributed by atoms with Crippen molar-refractivity contribution in [2.45, 2.75) is 51.7 Å². The number of likely N-dealkylation sites (N-methyl/N-ethyl adjacent to an activating group) is 1. The van der Waals surface area contributed by atoms with Crippen LogP contribution in [0.15, 0.2) is 24.3 Å². The number of rotatable bonds is 6. The van der Waals surface area contributed by atoms with Gasteiger partial charge in [0, 0.05) is 11.6 Å². The Morgan fingerprint density at radius 2 is 2.00 bits per heavy atom. The van der Waals surface area contributed by atoms with E-state index in [9.17, 15) is 0 Å². The molecule has 1 saturated carbocycles. The third-order valence-electron chi connectivity index (χ3n) is 4.37. The molecule has 0 atom stereocenters. The Morgan fingerprint density at radius 3 is 2.65 bits per heavy atom. The summed E-state index contributed by atoms with van der Waals surface area (Å²) < 4.78 is 6.34. The molecule has 3 heteroatoms. The summed E-state index contributed by atoms with van der Waals surface area (Å²) >= 11 is 6.22. The fraction of sp³-hybridized carbons (Fsp3) is 0.647. The zero-order valence-electron chi connectivity index (χ0n) is 12.6. The van der Waals surface area contributed by atoms with Gasteiger partial charge in [0.15, 0.2) is 0 Å². The quantitative estimate of drug-likeness (QED) is 0.839. The maximum absolute atomic E-state index is 6.34. The minimum atomic E-state index is -0.0122. The normalized spacial score (nSPS) is 26.6. The first-order valence-electron chi connectivity index (χ1n) is 7.73. The average molecular weight is 296 g/mol. The van der Waals surface area contributed by atoms with Crippen molar-refractivity contribution in [3.63, 3.8) is 0 Å². The van der Waals surface area contributed by atoms with Gasteiger partial charge in [-0.15, -0.1) is 0 Å². The lowest BCUT2D eigenvalue weighted by Gasteiger charge is -2.39. The number of ether oxygens (including phenoxy) is 1. The fourth-order valence-electron chi connectivity index (χ4n) is 2.86. The minimum absolute atomic E-state index is 0.0122. The molecule has 0 radical (unpaired) electrons. The summed E-state index contributed by atoms with van der Waals surface area (Å²) in [4.78, 5) is 0. The summed E-state index contributed by atoms with van der Waals surface area (Å²) in [5.74, 6) is 0.827. The van der Waals surface area contributed by atoms with E-state index in [1.165, 1.54) is 12.8 Å². The van der Waals surface area contributed by atoms with E-state index in [4.69, 9.17) is 16.3 Å². The highest BCUT2D eigenvalue weighted by Gasteiger charge is 2.34. The van der Waals surface area contributed by atoms with Crippen molar-refractivity contribution in [3.8, 4) is 0 Å². The lowest BCUT2D eigenvalue weighted by molar-refractivity contribution is -0.0846. The molecule has 0 unspecified atom stereocenters. The zero-order chi connectivity index (χ0) is 14.4. The Morgan fingerprint density at radius 1 is 1.30 bits per heavy atom. The molecule has 0 spiro atoms. The standard InChI is InChI=1S/C17H26ClNO/c1-3-19-13-17(10-8-14(2)9-11-17)20-12-15-6-4-5-7-16(15)18/h4-7,14,19H,3,8-13H2,1-2H3. The monoisotopic (exact) mass is 295 g/mol. The highest BCUT2D eigenvalue weighted by atomic mass is 35.5. The van der Waals surface area contributed by atoms with E-state index in [-0.39, 0.29) is 5.60 Å². The lowest BCUT2D eigenvalue weighted by Crippen LogP contribution is -2.45. The number of benzene rings is 1. The molecule has 0 aliphatic heterocycles. The lowest BCUT2D eigenvalue weighted by atomic mass is 9.79. The maximum Gasteiger partial charge on any atom is 0.0811 e. The molecule has 20 heavy (non-hydrogen) atoms. The third-order valence-corrected chi connectivity index (χ3v) is 4.74. The van der Waals surface area contributed by atoms with E-state index in [2.05, 4.69) is 25.2 Å². The molecule has 1 fully saturated rings. The molecule has 1 aliphatic rings. The van der Waals surface area contributed by atoms with Gasteiger partial charge in [-0.25, -0.2) is 0 Å². The smallest absolute Gasteiger partial charge is 0.0811 e. The Bertz CT molecular complexity index is 408. The number of hydrogen-bond acceptors (Lipinski definition) is 2. The van der Waals surface area contributed by atoms with Gasteiger partial charge >= 0.3 is 0 Å². The van der Waals surface area contributed by atoms with Crippen LogP contribution < -0.4 is 5.32 Å². The Hall–Kier alpha value is -0.570. The topological polar surface area (TPSA) is 21.3 Å². The van der Waals surface area contributed by atoms with Crippen molar-refractivity contribution in [2.24, 2.45) is 5.92 Å². The van der Waals surface area contributed by atoms with Crippen molar-refractivity contribution in [3.05, 3.63) is 34.9 Å². The van der Waals surface area contributed by atoms with Crippen LogP contribution in [0.25, 0.3) is 0 Å². The zero-order valence-corrected chi connectivity index (χ0v) is 13.4. The van der Waals surface area contributed by atoms with Gasteiger partial charge in [-0.2, -0.15) is 0 Å². The molecule has 0 heterocycles. The second kappa shape index (κ2) is 7.44. The van der Waals surface area contributed by atoms with Gasteiger partial charge in [0.05, 0.1) is 12.2 Å². The summed E-state index contributed by atoms with van der Waals surface area (Å²) in [6.45, 7) is 7.03. The van der Waals surface area contributed by atoms with Crippen molar-refractivity contribution in [1.82, 2.24) is 5.32 Å². The van der Waals surface area contributed by atoms with Crippen LogP contribution in [0.5, 0.6) is 0 Å². The molecule has 0 bridgehead atoms. The summed E-state index contributed by atoms with van der Waals surface area (Å²) in [6, 6.07) is 7.96. The molecule has 0 aromatic heterocycles. The van der Waals surface area contributed by atoms with E-state index < -0.39 is 0 Å². The average Bonchev–Trinajstić information content (AvgIpc) is 2.47. The number of nitrogens with one attached hydrogen (secondary N) is 1. The first-order chi connectivity index (χ1) is 9.65. The highest BCUT2D eigenvalue weighted by molar-refractivity contribution is 6.31. The Balaban J connectivity index is 1.99. The predicted octanol–water partition coefficient (Wildman–Crippen LogP) is 4.42.